The van der Waals surface area contributed by atoms with Gasteiger partial charge in [-0.05, 0) is 27.2 Å². The fourth-order valence-corrected chi connectivity index (χ4v) is 1.95. The van der Waals surface area contributed by atoms with Crippen LogP contribution in [0.25, 0.3) is 0 Å². The SMILES string of the molecule is CC(C)(C)OC(=O)NCCN1C(=O)CCC(C)(C)C1=O. The second kappa shape index (κ2) is 5.81. The molecule has 0 bridgehead atoms. The van der Waals surface area contributed by atoms with Gasteiger partial charge in [-0.15, -0.1) is 0 Å². The van der Waals surface area contributed by atoms with Crippen LogP contribution in [0.4, 0.5) is 4.79 Å². The molecule has 0 aromatic carbocycles. The second-order valence-electron chi connectivity index (χ2n) is 6.66. The van der Waals surface area contributed by atoms with Gasteiger partial charge in [0.05, 0.1) is 0 Å². The number of alkyl carbamates (subject to hydrolysis) is 1. The lowest BCUT2D eigenvalue weighted by Gasteiger charge is -2.35. The first-order chi connectivity index (χ1) is 9.03. The average Bonchev–Trinajstić information content (AvgIpc) is 2.27. The largest absolute Gasteiger partial charge is 0.444 e. The fraction of sp³-hybridized carbons (Fsp3) is 0.786. The van der Waals surface area contributed by atoms with Crippen molar-refractivity contribution in [2.24, 2.45) is 5.41 Å². The number of imide groups is 1. The second-order valence-corrected chi connectivity index (χ2v) is 6.66. The van der Waals surface area contributed by atoms with Gasteiger partial charge in [-0.25, -0.2) is 4.79 Å². The first-order valence-electron chi connectivity index (χ1n) is 6.84. The number of carbonyl (C=O) groups excluding carboxylic acids is 3. The van der Waals surface area contributed by atoms with Crippen LogP contribution in [-0.4, -0.2) is 41.5 Å². The summed E-state index contributed by atoms with van der Waals surface area (Å²) in [6.07, 6.45) is 0.389. The Hall–Kier alpha value is -1.59. The zero-order chi connectivity index (χ0) is 15.6. The van der Waals surface area contributed by atoms with Crippen LogP contribution in [0.1, 0.15) is 47.5 Å². The van der Waals surface area contributed by atoms with Crippen LogP contribution in [0.15, 0.2) is 0 Å². The number of rotatable bonds is 3. The molecule has 20 heavy (non-hydrogen) atoms. The molecule has 6 heteroatoms. The summed E-state index contributed by atoms with van der Waals surface area (Å²) in [7, 11) is 0. The third-order valence-corrected chi connectivity index (χ3v) is 3.09. The maximum absolute atomic E-state index is 12.1. The van der Waals surface area contributed by atoms with Crippen LogP contribution < -0.4 is 5.32 Å². The monoisotopic (exact) mass is 284 g/mol. The summed E-state index contributed by atoms with van der Waals surface area (Å²) in [5.74, 6) is -0.361. The molecule has 1 saturated heterocycles. The van der Waals surface area contributed by atoms with Crippen molar-refractivity contribution in [3.8, 4) is 0 Å². The van der Waals surface area contributed by atoms with E-state index < -0.39 is 17.1 Å². The Morgan fingerprint density at radius 3 is 2.50 bits per heavy atom. The molecule has 114 valence electrons. The maximum atomic E-state index is 12.1. The summed E-state index contributed by atoms with van der Waals surface area (Å²) < 4.78 is 5.08. The molecule has 1 heterocycles. The molecule has 1 fully saturated rings. The minimum absolute atomic E-state index is 0.180. The van der Waals surface area contributed by atoms with E-state index in [1.54, 1.807) is 20.8 Å². The van der Waals surface area contributed by atoms with Gasteiger partial charge in [-0.2, -0.15) is 0 Å². The molecule has 1 aliphatic heterocycles. The minimum atomic E-state index is -0.567. The molecule has 0 unspecified atom stereocenters. The topological polar surface area (TPSA) is 75.7 Å². The smallest absolute Gasteiger partial charge is 0.407 e. The van der Waals surface area contributed by atoms with Crippen LogP contribution in [0.2, 0.25) is 0 Å². The molecule has 1 N–H and O–H groups in total. The zero-order valence-electron chi connectivity index (χ0n) is 12.9. The summed E-state index contributed by atoms with van der Waals surface area (Å²) in [6, 6.07) is 0. The van der Waals surface area contributed by atoms with Crippen LogP contribution in [0, 0.1) is 5.41 Å². The van der Waals surface area contributed by atoms with Crippen LogP contribution in [0.3, 0.4) is 0 Å². The molecule has 1 rings (SSSR count). The highest BCUT2D eigenvalue weighted by molar-refractivity contribution is 6.00. The van der Waals surface area contributed by atoms with Gasteiger partial charge in [0.15, 0.2) is 0 Å². The standard InChI is InChI=1S/C14H24N2O4/c1-13(2,3)20-12(19)15-8-9-16-10(17)6-7-14(4,5)11(16)18/h6-9H2,1-5H3,(H,15,19). The van der Waals surface area contributed by atoms with E-state index in [2.05, 4.69) is 5.32 Å². The maximum Gasteiger partial charge on any atom is 0.407 e. The Morgan fingerprint density at radius 1 is 1.35 bits per heavy atom. The van der Waals surface area contributed by atoms with E-state index in [1.807, 2.05) is 13.8 Å². The van der Waals surface area contributed by atoms with Gasteiger partial charge < -0.3 is 10.1 Å². The van der Waals surface area contributed by atoms with Gasteiger partial charge in [0.1, 0.15) is 5.60 Å². The lowest BCUT2D eigenvalue weighted by atomic mass is 9.83. The Morgan fingerprint density at radius 2 is 1.95 bits per heavy atom. The molecule has 6 nitrogen and oxygen atoms in total. The van der Waals surface area contributed by atoms with Crippen molar-refractivity contribution < 1.29 is 19.1 Å². The lowest BCUT2D eigenvalue weighted by molar-refractivity contribution is -0.155. The van der Waals surface area contributed by atoms with Crippen molar-refractivity contribution in [1.82, 2.24) is 10.2 Å². The molecule has 0 radical (unpaired) electrons. The Balaban J connectivity index is 2.46. The van der Waals surface area contributed by atoms with Gasteiger partial charge in [0, 0.05) is 24.9 Å². The number of ether oxygens (including phenoxy) is 1. The number of nitrogens with zero attached hydrogens (tertiary/aromatic N) is 1. The van der Waals surface area contributed by atoms with E-state index in [-0.39, 0.29) is 24.9 Å². The van der Waals surface area contributed by atoms with Crippen molar-refractivity contribution in [2.75, 3.05) is 13.1 Å². The highest BCUT2D eigenvalue weighted by atomic mass is 16.6. The molecule has 0 spiro atoms. The summed E-state index contributed by atoms with van der Waals surface area (Å²) >= 11 is 0. The fourth-order valence-electron chi connectivity index (χ4n) is 1.95. The Bertz CT molecular complexity index is 410. The summed E-state index contributed by atoms with van der Waals surface area (Å²) in [5, 5.41) is 2.55. The lowest BCUT2D eigenvalue weighted by Crippen LogP contribution is -2.51. The van der Waals surface area contributed by atoms with Gasteiger partial charge in [-0.3, -0.25) is 14.5 Å². The molecule has 0 aliphatic carbocycles. The first kappa shape index (κ1) is 16.5. The highest BCUT2D eigenvalue weighted by Gasteiger charge is 2.39. The molecule has 0 aromatic rings. The van der Waals surface area contributed by atoms with Gasteiger partial charge in [0.2, 0.25) is 11.8 Å². The van der Waals surface area contributed by atoms with Crippen molar-refractivity contribution in [2.45, 2.75) is 53.1 Å². The van der Waals surface area contributed by atoms with E-state index in [4.69, 9.17) is 4.74 Å². The molecule has 1 aliphatic rings. The van der Waals surface area contributed by atoms with Gasteiger partial charge in [0.25, 0.3) is 0 Å². The predicted octanol–water partition coefficient (Wildman–Crippen LogP) is 1.69. The molecular formula is C14H24N2O4. The summed E-state index contributed by atoms with van der Waals surface area (Å²) in [5.41, 5.74) is -1.08. The minimum Gasteiger partial charge on any atom is -0.444 e. The van der Waals surface area contributed by atoms with Crippen LogP contribution in [-0.2, 0) is 14.3 Å². The number of piperidine rings is 1. The van der Waals surface area contributed by atoms with Crippen molar-refractivity contribution in [1.29, 1.82) is 0 Å². The van der Waals surface area contributed by atoms with Crippen molar-refractivity contribution >= 4 is 17.9 Å². The Labute approximate surface area is 119 Å². The number of likely N-dealkylation sites (tertiary alicyclic amines) is 1. The van der Waals surface area contributed by atoms with E-state index in [0.717, 1.165) is 0 Å². The normalized spacial score (nSPS) is 18.9. The molecule has 0 atom stereocenters. The van der Waals surface area contributed by atoms with Gasteiger partial charge >= 0.3 is 6.09 Å². The van der Waals surface area contributed by atoms with E-state index >= 15 is 0 Å². The Kier molecular flexibility index (Phi) is 4.78. The first-order valence-corrected chi connectivity index (χ1v) is 6.84. The molecule has 0 saturated carbocycles. The predicted molar refractivity (Wildman–Crippen MR) is 74.0 cm³/mol. The third kappa shape index (κ3) is 4.51. The third-order valence-electron chi connectivity index (χ3n) is 3.09. The molecular weight excluding hydrogens is 260 g/mol. The van der Waals surface area contributed by atoms with Gasteiger partial charge in [-0.1, -0.05) is 13.8 Å². The van der Waals surface area contributed by atoms with Crippen LogP contribution in [0.5, 0.6) is 0 Å². The van der Waals surface area contributed by atoms with Crippen molar-refractivity contribution in [3.63, 3.8) is 0 Å². The summed E-state index contributed by atoms with van der Waals surface area (Å²) in [6.45, 7) is 9.35. The number of hydrogen-bond acceptors (Lipinski definition) is 4. The van der Waals surface area contributed by atoms with E-state index in [1.165, 1.54) is 4.90 Å². The molecule has 0 aromatic heterocycles. The number of amides is 3. The quantitative estimate of drug-likeness (QED) is 0.800. The van der Waals surface area contributed by atoms with Crippen molar-refractivity contribution in [3.05, 3.63) is 0 Å². The average molecular weight is 284 g/mol. The number of nitrogens with one attached hydrogen (secondary N) is 1. The number of carbonyl (C=O) groups is 3. The number of hydrogen-bond donors (Lipinski definition) is 1. The van der Waals surface area contributed by atoms with E-state index in [9.17, 15) is 14.4 Å². The summed E-state index contributed by atoms with van der Waals surface area (Å²) in [4.78, 5) is 36.6. The zero-order valence-corrected chi connectivity index (χ0v) is 12.9. The molecule has 3 amide bonds. The van der Waals surface area contributed by atoms with E-state index in [0.29, 0.717) is 12.8 Å². The van der Waals surface area contributed by atoms with Crippen LogP contribution >= 0.6 is 0 Å². The highest BCUT2D eigenvalue weighted by Crippen LogP contribution is 2.30.